The number of carbonyl (C=O) groups is 2. The summed E-state index contributed by atoms with van der Waals surface area (Å²) in [4.78, 5) is 29.2. The summed E-state index contributed by atoms with van der Waals surface area (Å²) >= 11 is 6.05. The van der Waals surface area contributed by atoms with E-state index < -0.39 is 49.9 Å². The first-order valence-electron chi connectivity index (χ1n) is 13.1. The quantitative estimate of drug-likeness (QED) is 0.368. The van der Waals surface area contributed by atoms with E-state index in [4.69, 9.17) is 21.1 Å². The van der Waals surface area contributed by atoms with E-state index in [2.05, 4.69) is 4.98 Å². The van der Waals surface area contributed by atoms with Crippen molar-refractivity contribution in [1.29, 1.82) is 0 Å². The van der Waals surface area contributed by atoms with Crippen LogP contribution in [0.25, 0.3) is 0 Å². The van der Waals surface area contributed by atoms with Crippen molar-refractivity contribution in [1.82, 2.24) is 14.6 Å². The fourth-order valence-corrected chi connectivity index (χ4v) is 5.75. The van der Waals surface area contributed by atoms with Crippen LogP contribution in [0.2, 0.25) is 5.02 Å². The van der Waals surface area contributed by atoms with Gasteiger partial charge in [0, 0.05) is 42.4 Å². The molecule has 224 valence electrons. The Hall–Kier alpha value is -3.77. The van der Waals surface area contributed by atoms with Crippen molar-refractivity contribution in [2.45, 2.75) is 43.6 Å². The minimum atomic E-state index is -4.77. The second kappa shape index (κ2) is 12.6. The maximum Gasteiger partial charge on any atom is 0.410 e. The second-order valence-corrected chi connectivity index (χ2v) is 12.9. The highest BCUT2D eigenvalue weighted by Gasteiger charge is 2.35. The van der Waals surface area contributed by atoms with Crippen LogP contribution in [0.4, 0.5) is 13.6 Å². The number of aromatic nitrogens is 1. The topological polar surface area (TPSA) is 115 Å². The molecule has 1 fully saturated rings. The molecule has 0 radical (unpaired) electrons. The van der Waals surface area contributed by atoms with Crippen LogP contribution in [-0.4, -0.2) is 55.6 Å². The van der Waals surface area contributed by atoms with Crippen LogP contribution in [-0.2, 0) is 14.8 Å². The van der Waals surface area contributed by atoms with Crippen LogP contribution < -0.4 is 9.46 Å². The van der Waals surface area contributed by atoms with E-state index in [0.717, 1.165) is 5.56 Å². The Morgan fingerprint density at radius 3 is 2.45 bits per heavy atom. The first-order chi connectivity index (χ1) is 19.7. The number of piperidine rings is 1. The highest BCUT2D eigenvalue weighted by Crippen LogP contribution is 2.35. The number of pyridine rings is 1. The van der Waals surface area contributed by atoms with Gasteiger partial charge in [0.15, 0.2) is 11.6 Å². The first-order valence-corrected chi connectivity index (χ1v) is 14.9. The molecule has 0 aliphatic carbocycles. The minimum absolute atomic E-state index is 0.102. The van der Waals surface area contributed by atoms with Gasteiger partial charge in [-0.2, -0.15) is 0 Å². The van der Waals surface area contributed by atoms with E-state index in [1.807, 2.05) is 12.1 Å². The van der Waals surface area contributed by atoms with Gasteiger partial charge < -0.3 is 14.4 Å². The number of halogens is 3. The van der Waals surface area contributed by atoms with Crippen LogP contribution in [0.5, 0.6) is 5.75 Å². The molecule has 4 rings (SSSR count). The molecule has 3 aromatic rings. The number of hydrogen-bond acceptors (Lipinski definition) is 7. The number of likely N-dealkylation sites (tertiary alicyclic amines) is 1. The zero-order valence-electron chi connectivity index (χ0n) is 23.1. The van der Waals surface area contributed by atoms with Crippen molar-refractivity contribution in [2.75, 3.05) is 19.7 Å². The van der Waals surface area contributed by atoms with Gasteiger partial charge in [-0.1, -0.05) is 29.8 Å². The predicted octanol–water partition coefficient (Wildman–Crippen LogP) is 5.55. The fraction of sp³-hybridized carbons (Fsp3) is 0.345. The van der Waals surface area contributed by atoms with Crippen molar-refractivity contribution < 1.29 is 36.3 Å². The predicted molar refractivity (Wildman–Crippen MR) is 151 cm³/mol. The maximum absolute atomic E-state index is 15.0. The van der Waals surface area contributed by atoms with Crippen molar-refractivity contribution in [3.63, 3.8) is 0 Å². The SMILES string of the molecule is CC(C)(C)OC(=O)N1CC[C@H](c2ccc(Cl)cc2)[C@@H](COc2cc(F)c(S(=O)(=O)NC(=O)c3ccccn3)cc2F)C1. The molecular weight excluding hydrogens is 592 g/mol. The number of ether oxygens (including phenoxy) is 2. The standard InChI is InChI=1S/C29H30ClF2N3O6S/c1-29(2,3)41-28(37)35-13-11-21(18-7-9-20(30)10-8-18)19(16-35)17-40-25-14-23(32)26(15-22(25)31)42(38,39)34-27(36)24-6-4-5-12-33-24/h4-10,12,14-15,19,21H,11,13,16-17H2,1-3H3,(H,34,36)/t19-,21-/m1/s1. The minimum Gasteiger partial charge on any atom is -0.490 e. The van der Waals surface area contributed by atoms with Crippen molar-refractivity contribution >= 4 is 33.6 Å². The lowest BCUT2D eigenvalue weighted by atomic mass is 9.81. The molecule has 9 nitrogen and oxygen atoms in total. The Bertz CT molecular complexity index is 1550. The number of benzene rings is 2. The van der Waals surface area contributed by atoms with Gasteiger partial charge in [0.25, 0.3) is 15.9 Å². The third kappa shape index (κ3) is 7.74. The number of amides is 2. The monoisotopic (exact) mass is 621 g/mol. The number of nitrogens with zero attached hydrogens (tertiary/aromatic N) is 2. The van der Waals surface area contributed by atoms with Crippen LogP contribution in [0.15, 0.2) is 65.7 Å². The maximum atomic E-state index is 15.0. The molecule has 42 heavy (non-hydrogen) atoms. The largest absolute Gasteiger partial charge is 0.490 e. The van der Waals surface area contributed by atoms with E-state index >= 15 is 4.39 Å². The van der Waals surface area contributed by atoms with Crippen LogP contribution in [0.3, 0.4) is 0 Å². The van der Waals surface area contributed by atoms with Gasteiger partial charge >= 0.3 is 6.09 Å². The van der Waals surface area contributed by atoms with E-state index in [9.17, 15) is 22.4 Å². The lowest BCUT2D eigenvalue weighted by Crippen LogP contribution is -2.46. The molecule has 0 spiro atoms. The van der Waals surface area contributed by atoms with Gasteiger partial charge in [-0.3, -0.25) is 9.78 Å². The number of hydrogen-bond donors (Lipinski definition) is 1. The molecule has 1 N–H and O–H groups in total. The molecule has 2 aromatic carbocycles. The average molecular weight is 622 g/mol. The second-order valence-electron chi connectivity index (χ2n) is 10.8. The third-order valence-corrected chi connectivity index (χ3v) is 8.14. The fourth-order valence-electron chi connectivity index (χ4n) is 4.59. The normalized spacial score (nSPS) is 17.4. The molecule has 13 heteroatoms. The van der Waals surface area contributed by atoms with E-state index in [0.29, 0.717) is 30.1 Å². The molecule has 0 bridgehead atoms. The van der Waals surface area contributed by atoms with E-state index in [1.165, 1.54) is 24.4 Å². The Morgan fingerprint density at radius 2 is 1.81 bits per heavy atom. The molecule has 0 saturated carbocycles. The summed E-state index contributed by atoms with van der Waals surface area (Å²) in [6, 6.07) is 12.5. The number of carbonyl (C=O) groups excluding carboxylic acids is 2. The van der Waals surface area contributed by atoms with Crippen LogP contribution >= 0.6 is 11.6 Å². The number of nitrogens with one attached hydrogen (secondary N) is 1. The number of rotatable bonds is 7. The van der Waals surface area contributed by atoms with Gasteiger partial charge in [-0.05, 0) is 62.9 Å². The van der Waals surface area contributed by atoms with Gasteiger partial charge in [0.05, 0.1) is 6.61 Å². The lowest BCUT2D eigenvalue weighted by molar-refractivity contribution is 0.0110. The summed E-state index contributed by atoms with van der Waals surface area (Å²) in [5, 5.41) is 0.557. The Labute approximate surface area is 247 Å². The Morgan fingerprint density at radius 1 is 1.10 bits per heavy atom. The molecule has 1 saturated heterocycles. The van der Waals surface area contributed by atoms with Gasteiger partial charge in [-0.15, -0.1) is 0 Å². The molecule has 1 aliphatic rings. The van der Waals surface area contributed by atoms with Crippen LogP contribution in [0, 0.1) is 17.6 Å². The van der Waals surface area contributed by atoms with Gasteiger partial charge in [0.2, 0.25) is 0 Å². The summed E-state index contributed by atoms with van der Waals surface area (Å²) < 4.78 is 68.2. The average Bonchev–Trinajstić information content (AvgIpc) is 2.93. The van der Waals surface area contributed by atoms with Crippen molar-refractivity contribution in [3.8, 4) is 5.75 Å². The summed E-state index contributed by atoms with van der Waals surface area (Å²) in [5.41, 5.74) is 0.0225. The molecule has 0 unspecified atom stereocenters. The lowest BCUT2D eigenvalue weighted by Gasteiger charge is -2.39. The van der Waals surface area contributed by atoms with E-state index in [-0.39, 0.29) is 30.7 Å². The van der Waals surface area contributed by atoms with Crippen LogP contribution in [0.1, 0.15) is 49.2 Å². The van der Waals surface area contributed by atoms with Gasteiger partial charge in [-0.25, -0.2) is 26.7 Å². The highest BCUT2D eigenvalue weighted by atomic mass is 35.5. The molecule has 2 heterocycles. The zero-order chi connectivity index (χ0) is 30.7. The van der Waals surface area contributed by atoms with Crippen molar-refractivity contribution in [3.05, 3.63) is 88.7 Å². The van der Waals surface area contributed by atoms with Crippen molar-refractivity contribution in [2.24, 2.45) is 5.92 Å². The molecule has 2 amide bonds. The summed E-state index contributed by atoms with van der Waals surface area (Å²) in [7, 11) is -4.77. The third-order valence-electron chi connectivity index (χ3n) is 6.54. The molecule has 1 aromatic heterocycles. The summed E-state index contributed by atoms with van der Waals surface area (Å²) in [5.74, 6) is -4.54. The smallest absolute Gasteiger partial charge is 0.410 e. The number of sulfonamides is 1. The highest BCUT2D eigenvalue weighted by molar-refractivity contribution is 7.90. The Balaban J connectivity index is 1.53. The van der Waals surface area contributed by atoms with E-state index in [1.54, 1.807) is 42.5 Å². The first kappa shape index (κ1) is 31.2. The molecular formula is C29H30ClF2N3O6S. The van der Waals surface area contributed by atoms with Gasteiger partial charge in [0.1, 0.15) is 22.0 Å². The molecule has 1 aliphatic heterocycles. The zero-order valence-corrected chi connectivity index (χ0v) is 24.7. The Kier molecular flexibility index (Phi) is 9.37. The summed E-state index contributed by atoms with van der Waals surface area (Å²) in [6.45, 7) is 5.80. The molecule has 2 atom stereocenters. The summed E-state index contributed by atoms with van der Waals surface area (Å²) in [6.07, 6.45) is 1.34.